The Hall–Kier alpha value is -2.24. The maximum Gasteiger partial charge on any atom is 0.120 e. The SMILES string of the molecule is C=C(c1ccc(-c2ccc(CCC3CCN(CC(C)(F)CC)CC3)nc2)cc1)N1CCCC1CO. The highest BCUT2D eigenvalue weighted by Crippen LogP contribution is 2.29. The van der Waals surface area contributed by atoms with Gasteiger partial charge in [0, 0.05) is 36.2 Å². The van der Waals surface area contributed by atoms with Gasteiger partial charge in [-0.05, 0) is 88.1 Å². The molecule has 2 aliphatic heterocycles. The minimum Gasteiger partial charge on any atom is -0.394 e. The van der Waals surface area contributed by atoms with Crippen LogP contribution in [0.25, 0.3) is 16.8 Å². The zero-order valence-electron chi connectivity index (χ0n) is 21.6. The number of aryl methyl sites for hydroxylation is 1. The molecule has 0 spiro atoms. The maximum atomic E-state index is 14.3. The molecule has 2 unspecified atom stereocenters. The van der Waals surface area contributed by atoms with E-state index in [1.165, 1.54) is 0 Å². The molecule has 0 bridgehead atoms. The van der Waals surface area contributed by atoms with Gasteiger partial charge in [-0.15, -0.1) is 0 Å². The number of halogens is 1. The van der Waals surface area contributed by atoms with Gasteiger partial charge in [0.05, 0.1) is 12.6 Å². The van der Waals surface area contributed by atoms with Crippen LogP contribution in [0.4, 0.5) is 4.39 Å². The Bertz CT molecular complexity index is 949. The third-order valence-electron chi connectivity index (χ3n) is 8.12. The molecule has 1 N–H and O–H groups in total. The van der Waals surface area contributed by atoms with Crippen molar-refractivity contribution in [1.82, 2.24) is 14.8 Å². The van der Waals surface area contributed by atoms with Crippen molar-refractivity contribution in [2.45, 2.75) is 70.5 Å². The lowest BCUT2D eigenvalue weighted by Crippen LogP contribution is -2.42. The Balaban J connectivity index is 1.26. The summed E-state index contributed by atoms with van der Waals surface area (Å²) in [4.78, 5) is 9.27. The lowest BCUT2D eigenvalue weighted by Gasteiger charge is -2.35. The number of hydrogen-bond acceptors (Lipinski definition) is 4. The summed E-state index contributed by atoms with van der Waals surface area (Å²) in [5.74, 6) is 0.710. The molecule has 0 amide bonds. The van der Waals surface area contributed by atoms with Crippen LogP contribution in [-0.2, 0) is 6.42 Å². The number of benzene rings is 1. The Morgan fingerprint density at radius 3 is 2.43 bits per heavy atom. The topological polar surface area (TPSA) is 39.6 Å². The van der Waals surface area contributed by atoms with Crippen LogP contribution in [-0.4, -0.2) is 64.4 Å². The van der Waals surface area contributed by atoms with Crippen LogP contribution in [0.1, 0.15) is 63.6 Å². The number of aliphatic hydroxyl groups excluding tert-OH is 1. The fourth-order valence-corrected chi connectivity index (χ4v) is 5.51. The van der Waals surface area contributed by atoms with Gasteiger partial charge in [-0.1, -0.05) is 43.8 Å². The van der Waals surface area contributed by atoms with Gasteiger partial charge < -0.3 is 14.9 Å². The molecule has 2 aromatic rings. The molecule has 5 heteroatoms. The van der Waals surface area contributed by atoms with Gasteiger partial charge in [0.1, 0.15) is 5.67 Å². The Morgan fingerprint density at radius 2 is 1.80 bits per heavy atom. The van der Waals surface area contributed by atoms with Crippen molar-refractivity contribution in [1.29, 1.82) is 0 Å². The lowest BCUT2D eigenvalue weighted by molar-refractivity contribution is 0.0792. The first-order valence-electron chi connectivity index (χ1n) is 13.4. The van der Waals surface area contributed by atoms with Crippen molar-refractivity contribution in [3.05, 3.63) is 60.4 Å². The zero-order chi connectivity index (χ0) is 24.8. The van der Waals surface area contributed by atoms with Crippen LogP contribution in [0.15, 0.2) is 49.2 Å². The van der Waals surface area contributed by atoms with Crippen molar-refractivity contribution in [2.24, 2.45) is 5.92 Å². The normalized spacial score (nSPS) is 21.3. The number of piperidine rings is 1. The molecule has 2 atom stereocenters. The third-order valence-corrected chi connectivity index (χ3v) is 8.12. The second kappa shape index (κ2) is 11.7. The number of pyridine rings is 1. The van der Waals surface area contributed by atoms with Gasteiger partial charge in [0.2, 0.25) is 0 Å². The van der Waals surface area contributed by atoms with E-state index in [0.29, 0.717) is 18.9 Å². The first-order chi connectivity index (χ1) is 16.9. The Kier molecular flexibility index (Phi) is 8.61. The summed E-state index contributed by atoms with van der Waals surface area (Å²) >= 11 is 0. The van der Waals surface area contributed by atoms with E-state index >= 15 is 0 Å². The number of alkyl halides is 1. The second-order valence-electron chi connectivity index (χ2n) is 10.8. The summed E-state index contributed by atoms with van der Waals surface area (Å²) in [6.45, 7) is 11.7. The van der Waals surface area contributed by atoms with E-state index in [4.69, 9.17) is 4.98 Å². The average molecular weight is 480 g/mol. The largest absolute Gasteiger partial charge is 0.394 e. The molecular formula is C30H42FN3O. The smallest absolute Gasteiger partial charge is 0.120 e. The van der Waals surface area contributed by atoms with Crippen LogP contribution in [0.2, 0.25) is 0 Å². The molecule has 2 aliphatic rings. The van der Waals surface area contributed by atoms with Crippen LogP contribution < -0.4 is 0 Å². The van der Waals surface area contributed by atoms with Crippen molar-refractivity contribution in [2.75, 3.05) is 32.8 Å². The van der Waals surface area contributed by atoms with Gasteiger partial charge in [0.15, 0.2) is 0 Å². The first kappa shape index (κ1) is 25.8. The molecule has 2 fully saturated rings. The van der Waals surface area contributed by atoms with E-state index in [0.717, 1.165) is 86.2 Å². The van der Waals surface area contributed by atoms with Gasteiger partial charge in [0.25, 0.3) is 0 Å². The molecule has 4 nitrogen and oxygen atoms in total. The minimum absolute atomic E-state index is 0.186. The van der Waals surface area contributed by atoms with Crippen LogP contribution in [0, 0.1) is 5.92 Å². The first-order valence-corrected chi connectivity index (χ1v) is 13.4. The summed E-state index contributed by atoms with van der Waals surface area (Å²) in [5.41, 5.74) is 4.46. The molecule has 3 heterocycles. The molecule has 1 aromatic carbocycles. The highest BCUT2D eigenvalue weighted by Gasteiger charge is 2.27. The summed E-state index contributed by atoms with van der Waals surface area (Å²) in [6, 6.07) is 13.0. The van der Waals surface area contributed by atoms with Gasteiger partial charge in [-0.25, -0.2) is 4.39 Å². The van der Waals surface area contributed by atoms with E-state index in [9.17, 15) is 9.50 Å². The molecule has 190 valence electrons. The number of rotatable bonds is 10. The molecular weight excluding hydrogens is 437 g/mol. The molecule has 2 saturated heterocycles. The van der Waals surface area contributed by atoms with Crippen molar-refractivity contribution >= 4 is 5.70 Å². The lowest BCUT2D eigenvalue weighted by atomic mass is 9.90. The van der Waals surface area contributed by atoms with E-state index in [-0.39, 0.29) is 12.6 Å². The Morgan fingerprint density at radius 1 is 1.09 bits per heavy atom. The zero-order valence-corrected chi connectivity index (χ0v) is 21.6. The number of hydrogen-bond donors (Lipinski definition) is 1. The second-order valence-corrected chi connectivity index (χ2v) is 10.8. The monoisotopic (exact) mass is 479 g/mol. The standard InChI is InChI=1S/C30H42FN3O/c1-4-30(3,31)22-33-18-15-24(16-19-33)7-13-28-14-12-27(20-32-28)26-10-8-25(9-11-26)23(2)34-17-5-6-29(34)21-35/h8-12,14,20,24,29,35H,2,4-7,13,15-19,21-22H2,1,3H3. The van der Waals surface area contributed by atoms with Crippen LogP contribution in [0.5, 0.6) is 0 Å². The highest BCUT2D eigenvalue weighted by atomic mass is 19.1. The number of nitrogens with zero attached hydrogens (tertiary/aromatic N) is 3. The molecule has 0 radical (unpaired) electrons. The van der Waals surface area contributed by atoms with Crippen molar-refractivity contribution in [3.63, 3.8) is 0 Å². The van der Waals surface area contributed by atoms with Gasteiger partial charge in [-0.3, -0.25) is 4.98 Å². The number of likely N-dealkylation sites (tertiary alicyclic amines) is 2. The Labute approximate surface area is 210 Å². The van der Waals surface area contributed by atoms with E-state index < -0.39 is 5.67 Å². The average Bonchev–Trinajstić information content (AvgIpc) is 3.37. The molecule has 0 saturated carbocycles. The number of aliphatic hydroxyl groups is 1. The van der Waals surface area contributed by atoms with Crippen LogP contribution >= 0.6 is 0 Å². The van der Waals surface area contributed by atoms with Crippen molar-refractivity contribution in [3.8, 4) is 11.1 Å². The molecule has 1 aromatic heterocycles. The van der Waals surface area contributed by atoms with Gasteiger partial charge >= 0.3 is 0 Å². The van der Waals surface area contributed by atoms with E-state index in [1.54, 1.807) is 6.92 Å². The molecule has 35 heavy (non-hydrogen) atoms. The summed E-state index contributed by atoms with van der Waals surface area (Å²) in [7, 11) is 0. The summed E-state index contributed by atoms with van der Waals surface area (Å²) in [5, 5.41) is 9.61. The third kappa shape index (κ3) is 6.71. The van der Waals surface area contributed by atoms with Crippen molar-refractivity contribution < 1.29 is 9.50 Å². The summed E-state index contributed by atoms with van der Waals surface area (Å²) in [6.07, 6.45) is 9.18. The van der Waals surface area contributed by atoms with E-state index in [2.05, 4.69) is 52.8 Å². The van der Waals surface area contributed by atoms with Crippen LogP contribution in [0.3, 0.4) is 0 Å². The fourth-order valence-electron chi connectivity index (χ4n) is 5.51. The fraction of sp³-hybridized carbons (Fsp3) is 0.567. The predicted octanol–water partition coefficient (Wildman–Crippen LogP) is 5.96. The minimum atomic E-state index is -1.07. The van der Waals surface area contributed by atoms with Gasteiger partial charge in [-0.2, -0.15) is 0 Å². The molecule has 0 aliphatic carbocycles. The highest BCUT2D eigenvalue weighted by molar-refractivity contribution is 5.68. The quantitative estimate of drug-likeness (QED) is 0.456. The number of aromatic nitrogens is 1. The van der Waals surface area contributed by atoms with E-state index in [1.807, 2.05) is 13.1 Å². The molecule has 4 rings (SSSR count). The summed E-state index contributed by atoms with van der Waals surface area (Å²) < 4.78 is 14.3. The predicted molar refractivity (Wildman–Crippen MR) is 143 cm³/mol. The maximum absolute atomic E-state index is 14.3.